The van der Waals surface area contributed by atoms with Crippen LogP contribution in [0.2, 0.25) is 0 Å². The minimum atomic E-state index is -0.638. The molecule has 0 spiro atoms. The summed E-state index contributed by atoms with van der Waals surface area (Å²) in [5.41, 5.74) is 0.413. The molecule has 3 nitrogen and oxygen atoms in total. The number of allylic oxidation sites excluding steroid dienone is 1. The van der Waals surface area contributed by atoms with Crippen LogP contribution in [0.5, 0.6) is 0 Å². The molecule has 2 atom stereocenters. The third-order valence-corrected chi connectivity index (χ3v) is 2.15. The van der Waals surface area contributed by atoms with Crippen LogP contribution in [0.1, 0.15) is 19.8 Å². The number of aliphatic hydroxyl groups excluding tert-OH is 1. The van der Waals surface area contributed by atoms with Crippen molar-refractivity contribution in [2.24, 2.45) is 5.92 Å². The minimum absolute atomic E-state index is 0.408. The Hall–Kier alpha value is -0.830. The normalized spacial score (nSPS) is 29.4. The Labute approximate surface area is 72.0 Å². The molecule has 0 heterocycles. The maximum absolute atomic E-state index is 11.0. The first-order valence-electron chi connectivity index (χ1n) is 4.11. The Morgan fingerprint density at radius 3 is 2.92 bits per heavy atom. The van der Waals surface area contributed by atoms with E-state index >= 15 is 0 Å². The van der Waals surface area contributed by atoms with Crippen molar-refractivity contribution in [3.63, 3.8) is 0 Å². The van der Waals surface area contributed by atoms with Crippen LogP contribution in [-0.4, -0.2) is 24.3 Å². The molecule has 2 unspecified atom stereocenters. The van der Waals surface area contributed by atoms with Gasteiger partial charge >= 0.3 is 5.97 Å². The lowest BCUT2D eigenvalue weighted by Gasteiger charge is -2.22. The van der Waals surface area contributed by atoms with Gasteiger partial charge in [0.25, 0.3) is 0 Å². The van der Waals surface area contributed by atoms with E-state index in [0.29, 0.717) is 17.9 Å². The summed E-state index contributed by atoms with van der Waals surface area (Å²) in [6.45, 7) is 2.05. The molecular formula is C9H14O3. The molecule has 0 aliphatic heterocycles. The standard InChI is InChI=1S/C9H14O3/c1-6-3-4-7(8(10)5-6)9(11)12-2/h4,6,8,10H,3,5H2,1-2H3. The Balaban J connectivity index is 2.70. The fourth-order valence-corrected chi connectivity index (χ4v) is 1.41. The quantitative estimate of drug-likeness (QED) is 0.594. The second-order valence-corrected chi connectivity index (χ2v) is 3.24. The van der Waals surface area contributed by atoms with Gasteiger partial charge in [0.05, 0.1) is 18.8 Å². The third kappa shape index (κ3) is 1.85. The molecule has 1 rings (SSSR count). The van der Waals surface area contributed by atoms with E-state index in [1.807, 2.05) is 6.92 Å². The summed E-state index contributed by atoms with van der Waals surface area (Å²) in [5.74, 6) is 0.0443. The number of carbonyl (C=O) groups excluding carboxylic acids is 1. The molecule has 1 aliphatic rings. The van der Waals surface area contributed by atoms with E-state index in [4.69, 9.17) is 0 Å². The van der Waals surface area contributed by atoms with E-state index in [0.717, 1.165) is 6.42 Å². The molecule has 0 aromatic rings. The van der Waals surface area contributed by atoms with Crippen molar-refractivity contribution in [1.29, 1.82) is 0 Å². The molecule has 0 saturated carbocycles. The van der Waals surface area contributed by atoms with Crippen LogP contribution >= 0.6 is 0 Å². The zero-order valence-electron chi connectivity index (χ0n) is 7.41. The van der Waals surface area contributed by atoms with Crippen molar-refractivity contribution in [3.8, 4) is 0 Å². The van der Waals surface area contributed by atoms with Gasteiger partial charge in [-0.1, -0.05) is 13.0 Å². The minimum Gasteiger partial charge on any atom is -0.466 e. The van der Waals surface area contributed by atoms with Crippen molar-refractivity contribution >= 4 is 5.97 Å². The lowest BCUT2D eigenvalue weighted by molar-refractivity contribution is -0.137. The van der Waals surface area contributed by atoms with Crippen LogP contribution in [-0.2, 0) is 9.53 Å². The fourth-order valence-electron chi connectivity index (χ4n) is 1.41. The van der Waals surface area contributed by atoms with Crippen molar-refractivity contribution in [2.75, 3.05) is 7.11 Å². The second kappa shape index (κ2) is 3.72. The van der Waals surface area contributed by atoms with E-state index in [9.17, 15) is 9.90 Å². The molecule has 1 N–H and O–H groups in total. The summed E-state index contributed by atoms with van der Waals surface area (Å²) in [6.07, 6.45) is 2.63. The van der Waals surface area contributed by atoms with Crippen LogP contribution in [0.4, 0.5) is 0 Å². The van der Waals surface area contributed by atoms with Crippen LogP contribution in [0.25, 0.3) is 0 Å². The van der Waals surface area contributed by atoms with Gasteiger partial charge in [-0.05, 0) is 18.8 Å². The first-order valence-corrected chi connectivity index (χ1v) is 4.11. The SMILES string of the molecule is COC(=O)C1=CCC(C)CC1O. The van der Waals surface area contributed by atoms with Gasteiger partial charge in [0.2, 0.25) is 0 Å². The molecule has 0 aromatic carbocycles. The van der Waals surface area contributed by atoms with Crippen LogP contribution in [0.3, 0.4) is 0 Å². The average molecular weight is 170 g/mol. The molecule has 0 saturated heterocycles. The third-order valence-electron chi connectivity index (χ3n) is 2.15. The maximum atomic E-state index is 11.0. The van der Waals surface area contributed by atoms with E-state index in [2.05, 4.69) is 4.74 Å². The summed E-state index contributed by atoms with van der Waals surface area (Å²) < 4.78 is 4.53. The maximum Gasteiger partial charge on any atom is 0.336 e. The number of rotatable bonds is 1. The lowest BCUT2D eigenvalue weighted by Crippen LogP contribution is -2.24. The highest BCUT2D eigenvalue weighted by molar-refractivity contribution is 5.89. The van der Waals surface area contributed by atoms with Gasteiger partial charge in [0, 0.05) is 0 Å². The zero-order valence-corrected chi connectivity index (χ0v) is 7.41. The second-order valence-electron chi connectivity index (χ2n) is 3.24. The van der Waals surface area contributed by atoms with Gasteiger partial charge in [-0.3, -0.25) is 0 Å². The van der Waals surface area contributed by atoms with Crippen molar-refractivity contribution in [2.45, 2.75) is 25.9 Å². The van der Waals surface area contributed by atoms with Crippen LogP contribution in [0.15, 0.2) is 11.6 Å². The molecule has 0 amide bonds. The van der Waals surface area contributed by atoms with E-state index in [-0.39, 0.29) is 0 Å². The van der Waals surface area contributed by atoms with Gasteiger partial charge in [-0.2, -0.15) is 0 Å². The summed E-state index contributed by atoms with van der Waals surface area (Å²) in [4.78, 5) is 11.0. The topological polar surface area (TPSA) is 46.5 Å². The summed E-state index contributed by atoms with van der Waals surface area (Å²) in [6, 6.07) is 0. The lowest BCUT2D eigenvalue weighted by atomic mass is 9.89. The van der Waals surface area contributed by atoms with Crippen LogP contribution in [0, 0.1) is 5.92 Å². The van der Waals surface area contributed by atoms with Crippen molar-refractivity contribution in [1.82, 2.24) is 0 Å². The van der Waals surface area contributed by atoms with E-state index in [1.54, 1.807) is 6.08 Å². The molecule has 1 aliphatic carbocycles. The van der Waals surface area contributed by atoms with Crippen molar-refractivity contribution in [3.05, 3.63) is 11.6 Å². The Bertz CT molecular complexity index is 208. The molecule has 0 radical (unpaired) electrons. The number of hydrogen-bond acceptors (Lipinski definition) is 3. The predicted octanol–water partition coefficient (Wildman–Crippen LogP) is 0.877. The highest BCUT2D eigenvalue weighted by Crippen LogP contribution is 2.23. The zero-order chi connectivity index (χ0) is 9.14. The summed E-state index contributed by atoms with van der Waals surface area (Å²) in [5, 5.41) is 9.47. The van der Waals surface area contributed by atoms with Gasteiger partial charge in [-0.25, -0.2) is 4.79 Å². The fraction of sp³-hybridized carbons (Fsp3) is 0.667. The summed E-state index contributed by atoms with van der Waals surface area (Å²) >= 11 is 0. The van der Waals surface area contributed by atoms with Gasteiger partial charge in [0.1, 0.15) is 0 Å². The molecule has 3 heteroatoms. The Morgan fingerprint density at radius 1 is 1.75 bits per heavy atom. The molecule has 68 valence electrons. The van der Waals surface area contributed by atoms with Crippen LogP contribution < -0.4 is 0 Å². The van der Waals surface area contributed by atoms with Gasteiger partial charge in [0.15, 0.2) is 0 Å². The van der Waals surface area contributed by atoms with Gasteiger partial charge in [-0.15, -0.1) is 0 Å². The highest BCUT2D eigenvalue weighted by Gasteiger charge is 2.24. The predicted molar refractivity (Wildman–Crippen MR) is 44.5 cm³/mol. The Morgan fingerprint density at radius 2 is 2.42 bits per heavy atom. The Kier molecular flexibility index (Phi) is 2.87. The number of aliphatic hydroxyl groups is 1. The van der Waals surface area contributed by atoms with E-state index < -0.39 is 12.1 Å². The van der Waals surface area contributed by atoms with Gasteiger partial charge < -0.3 is 9.84 Å². The summed E-state index contributed by atoms with van der Waals surface area (Å²) in [7, 11) is 1.33. The number of methoxy groups -OCH3 is 1. The monoisotopic (exact) mass is 170 g/mol. The molecule has 0 bridgehead atoms. The first kappa shape index (κ1) is 9.26. The highest BCUT2D eigenvalue weighted by atomic mass is 16.5. The molecular weight excluding hydrogens is 156 g/mol. The largest absolute Gasteiger partial charge is 0.466 e. The molecule has 12 heavy (non-hydrogen) atoms. The van der Waals surface area contributed by atoms with E-state index in [1.165, 1.54) is 7.11 Å². The molecule has 0 fully saturated rings. The average Bonchev–Trinajstić information content (AvgIpc) is 2.03. The number of hydrogen-bond donors (Lipinski definition) is 1. The number of ether oxygens (including phenoxy) is 1. The first-order chi connectivity index (χ1) is 5.65. The molecule has 0 aromatic heterocycles. The number of carbonyl (C=O) groups is 1. The smallest absolute Gasteiger partial charge is 0.336 e. The van der Waals surface area contributed by atoms with Crippen molar-refractivity contribution < 1.29 is 14.6 Å². The number of esters is 1.